The third kappa shape index (κ3) is 7.98. The second-order valence-electron chi connectivity index (χ2n) is 9.93. The molecule has 0 spiro atoms. The molecule has 0 atom stereocenters. The minimum absolute atomic E-state index is 0.148. The Labute approximate surface area is 181 Å². The number of hydrogen-bond donors (Lipinski definition) is 1. The molecule has 0 aromatic heterocycles. The fraction of sp³-hybridized carbons (Fsp3) is 0.667. The van der Waals surface area contributed by atoms with Crippen molar-refractivity contribution >= 4 is 12.1 Å². The number of esters is 1. The van der Waals surface area contributed by atoms with E-state index < -0.39 is 22.8 Å². The van der Waals surface area contributed by atoms with E-state index >= 15 is 0 Å². The molecule has 1 aliphatic rings. The molecule has 1 aromatic carbocycles. The summed E-state index contributed by atoms with van der Waals surface area (Å²) in [4.78, 5) is 27.6. The predicted octanol–water partition coefficient (Wildman–Crippen LogP) is 4.67. The number of rotatable bonds is 7. The molecule has 0 radical (unpaired) electrons. The normalized spacial score (nSPS) is 17.3. The monoisotopic (exact) mass is 418 g/mol. The van der Waals surface area contributed by atoms with E-state index in [-0.39, 0.29) is 12.4 Å². The maximum atomic E-state index is 12.7. The Balaban J connectivity index is 2.06. The summed E-state index contributed by atoms with van der Waals surface area (Å²) < 4.78 is 11.2. The summed E-state index contributed by atoms with van der Waals surface area (Å²) in [5.41, 5.74) is -0.507. The number of nitrogens with one attached hydrogen (secondary N) is 1. The van der Waals surface area contributed by atoms with Gasteiger partial charge in [0.2, 0.25) is 0 Å². The van der Waals surface area contributed by atoms with Gasteiger partial charge in [-0.15, -0.1) is 0 Å². The Morgan fingerprint density at radius 2 is 1.63 bits per heavy atom. The molecule has 0 bridgehead atoms. The summed E-state index contributed by atoms with van der Waals surface area (Å²) in [5.74, 6) is -0.283. The van der Waals surface area contributed by atoms with Crippen LogP contribution in [0.4, 0.5) is 4.79 Å². The maximum absolute atomic E-state index is 12.7. The van der Waals surface area contributed by atoms with Crippen LogP contribution in [0, 0.1) is 0 Å². The number of alkyl carbamates (subject to hydrolysis) is 1. The highest BCUT2D eigenvalue weighted by molar-refractivity contribution is 5.74. The van der Waals surface area contributed by atoms with Crippen LogP contribution in [-0.4, -0.2) is 46.8 Å². The molecular formula is C24H38N2O4. The van der Waals surface area contributed by atoms with E-state index in [1.807, 2.05) is 59.7 Å². The Kier molecular flexibility index (Phi) is 7.92. The van der Waals surface area contributed by atoms with Crippen molar-refractivity contribution in [3.05, 3.63) is 35.9 Å². The second-order valence-corrected chi connectivity index (χ2v) is 9.93. The van der Waals surface area contributed by atoms with Crippen LogP contribution >= 0.6 is 0 Å². The van der Waals surface area contributed by atoms with Gasteiger partial charge in [-0.25, -0.2) is 4.79 Å². The molecule has 1 saturated heterocycles. The average Bonchev–Trinajstić information content (AvgIpc) is 2.62. The Hall–Kier alpha value is -2.08. The lowest BCUT2D eigenvalue weighted by Gasteiger charge is -2.42. The third-order valence-electron chi connectivity index (χ3n) is 5.55. The topological polar surface area (TPSA) is 67.9 Å². The zero-order valence-electron chi connectivity index (χ0n) is 19.4. The molecule has 1 aliphatic heterocycles. The van der Waals surface area contributed by atoms with Gasteiger partial charge >= 0.3 is 12.1 Å². The van der Waals surface area contributed by atoms with Crippen LogP contribution in [0.15, 0.2) is 30.3 Å². The molecular weight excluding hydrogens is 380 g/mol. The fourth-order valence-corrected chi connectivity index (χ4v) is 3.54. The highest BCUT2D eigenvalue weighted by Gasteiger charge is 2.40. The molecule has 30 heavy (non-hydrogen) atoms. The molecule has 0 saturated carbocycles. The van der Waals surface area contributed by atoms with Gasteiger partial charge in [0.1, 0.15) is 11.2 Å². The van der Waals surface area contributed by atoms with Gasteiger partial charge in [0.05, 0.1) is 12.0 Å². The first-order chi connectivity index (χ1) is 13.9. The Morgan fingerprint density at radius 1 is 1.03 bits per heavy atom. The predicted molar refractivity (Wildman–Crippen MR) is 118 cm³/mol. The molecule has 1 amide bonds. The second kappa shape index (κ2) is 9.82. The Morgan fingerprint density at radius 3 is 2.17 bits per heavy atom. The zero-order valence-corrected chi connectivity index (χ0v) is 19.4. The average molecular weight is 419 g/mol. The van der Waals surface area contributed by atoms with E-state index in [0.29, 0.717) is 12.8 Å². The lowest BCUT2D eigenvalue weighted by atomic mass is 9.84. The van der Waals surface area contributed by atoms with E-state index in [4.69, 9.17) is 9.47 Å². The van der Waals surface area contributed by atoms with E-state index in [1.165, 1.54) is 5.56 Å². The molecule has 2 rings (SSSR count). The summed E-state index contributed by atoms with van der Waals surface area (Å²) in [7, 11) is 0. The molecule has 6 nitrogen and oxygen atoms in total. The van der Waals surface area contributed by atoms with Gasteiger partial charge in [-0.3, -0.25) is 9.69 Å². The lowest BCUT2D eigenvalue weighted by Crippen LogP contribution is -2.57. The number of amides is 1. The molecule has 6 heteroatoms. The van der Waals surface area contributed by atoms with Crippen LogP contribution < -0.4 is 5.32 Å². The first-order valence-corrected chi connectivity index (χ1v) is 10.9. The summed E-state index contributed by atoms with van der Waals surface area (Å²) in [5, 5.41) is 3.02. The van der Waals surface area contributed by atoms with E-state index in [0.717, 1.165) is 26.1 Å². The largest absolute Gasteiger partial charge is 0.460 e. The zero-order chi connectivity index (χ0) is 22.4. The Bertz CT molecular complexity index is 702. The standard InChI is InChI=1S/C24H38N2O4/c1-7-23(5,6)29-20(27)17-24(25-21(28)30-22(2,3)4)13-15-26(16-14-24)18-19-11-9-8-10-12-19/h8-12H,7,13-18H2,1-6H3,(H,25,28). The van der Waals surface area contributed by atoms with Gasteiger partial charge < -0.3 is 14.8 Å². The first-order valence-electron chi connectivity index (χ1n) is 10.9. The van der Waals surface area contributed by atoms with E-state index in [9.17, 15) is 9.59 Å². The van der Waals surface area contributed by atoms with Crippen LogP contribution in [0.25, 0.3) is 0 Å². The van der Waals surface area contributed by atoms with Crippen LogP contribution in [-0.2, 0) is 20.8 Å². The number of piperidine rings is 1. The maximum Gasteiger partial charge on any atom is 0.408 e. The number of nitrogens with zero attached hydrogens (tertiary/aromatic N) is 1. The summed E-state index contributed by atoms with van der Waals surface area (Å²) in [6, 6.07) is 10.3. The van der Waals surface area contributed by atoms with Gasteiger partial charge in [0.15, 0.2) is 0 Å². The van der Waals surface area contributed by atoms with E-state index in [1.54, 1.807) is 0 Å². The van der Waals surface area contributed by atoms with Crippen molar-refractivity contribution in [3.8, 4) is 0 Å². The third-order valence-corrected chi connectivity index (χ3v) is 5.55. The molecule has 168 valence electrons. The van der Waals surface area contributed by atoms with Gasteiger partial charge in [0, 0.05) is 19.6 Å². The number of hydrogen-bond acceptors (Lipinski definition) is 5. The quantitative estimate of drug-likeness (QED) is 0.652. The van der Waals surface area contributed by atoms with Crippen molar-refractivity contribution in [2.75, 3.05) is 13.1 Å². The van der Waals surface area contributed by atoms with Crippen molar-refractivity contribution in [2.45, 2.75) is 90.5 Å². The van der Waals surface area contributed by atoms with Crippen LogP contribution in [0.5, 0.6) is 0 Å². The highest BCUT2D eigenvalue weighted by Crippen LogP contribution is 2.29. The van der Waals surface area contributed by atoms with Crippen molar-refractivity contribution in [1.82, 2.24) is 10.2 Å². The van der Waals surface area contributed by atoms with Crippen molar-refractivity contribution in [2.24, 2.45) is 0 Å². The van der Waals surface area contributed by atoms with Gasteiger partial charge in [-0.05, 0) is 59.4 Å². The molecule has 0 aliphatic carbocycles. The van der Waals surface area contributed by atoms with Crippen molar-refractivity contribution in [3.63, 3.8) is 0 Å². The molecule has 1 N–H and O–H groups in total. The number of carbonyl (C=O) groups excluding carboxylic acids is 2. The highest BCUT2D eigenvalue weighted by atomic mass is 16.6. The van der Waals surface area contributed by atoms with Gasteiger partial charge in [-0.2, -0.15) is 0 Å². The van der Waals surface area contributed by atoms with Crippen LogP contribution in [0.2, 0.25) is 0 Å². The molecule has 0 unspecified atom stereocenters. The number of likely N-dealkylation sites (tertiary alicyclic amines) is 1. The van der Waals surface area contributed by atoms with Crippen molar-refractivity contribution in [1.29, 1.82) is 0 Å². The number of carbonyl (C=O) groups is 2. The summed E-state index contributed by atoms with van der Waals surface area (Å²) in [6.07, 6.45) is 1.73. The fourth-order valence-electron chi connectivity index (χ4n) is 3.54. The minimum Gasteiger partial charge on any atom is -0.460 e. The van der Waals surface area contributed by atoms with Crippen LogP contribution in [0.3, 0.4) is 0 Å². The molecule has 1 fully saturated rings. The molecule has 1 heterocycles. The minimum atomic E-state index is -0.656. The SMILES string of the molecule is CCC(C)(C)OC(=O)CC1(NC(=O)OC(C)(C)C)CCN(Cc2ccccc2)CC1. The van der Waals surface area contributed by atoms with Gasteiger partial charge in [0.25, 0.3) is 0 Å². The summed E-state index contributed by atoms with van der Waals surface area (Å²) >= 11 is 0. The molecule has 1 aromatic rings. The first kappa shape index (κ1) is 24.2. The van der Waals surface area contributed by atoms with Crippen molar-refractivity contribution < 1.29 is 19.1 Å². The van der Waals surface area contributed by atoms with Gasteiger partial charge in [-0.1, -0.05) is 37.3 Å². The lowest BCUT2D eigenvalue weighted by molar-refractivity contribution is -0.159. The summed E-state index contributed by atoms with van der Waals surface area (Å²) in [6.45, 7) is 13.7. The number of ether oxygens (including phenoxy) is 2. The van der Waals surface area contributed by atoms with Crippen LogP contribution in [0.1, 0.15) is 72.8 Å². The number of benzene rings is 1. The van der Waals surface area contributed by atoms with E-state index in [2.05, 4.69) is 22.3 Å². The smallest absolute Gasteiger partial charge is 0.408 e.